The summed E-state index contributed by atoms with van der Waals surface area (Å²) in [5, 5.41) is 3.94. The summed E-state index contributed by atoms with van der Waals surface area (Å²) in [6.07, 6.45) is 14.7. The highest BCUT2D eigenvalue weighted by atomic mass is 16.6. The molecule has 260 valence electrons. The highest BCUT2D eigenvalue weighted by Crippen LogP contribution is 2.77. The number of benzene rings is 1. The number of nitrogens with one attached hydrogen (secondary N) is 1. The van der Waals surface area contributed by atoms with Gasteiger partial charge in [-0.1, -0.05) is 78.8 Å². The van der Waals surface area contributed by atoms with E-state index in [-0.39, 0.29) is 11.4 Å². The van der Waals surface area contributed by atoms with Crippen molar-refractivity contribution in [2.45, 2.75) is 146 Å². The first-order chi connectivity index (χ1) is 21.8. The van der Waals surface area contributed by atoms with Crippen molar-refractivity contribution < 1.29 is 9.53 Å². The molecule has 9 atom stereocenters. The third kappa shape index (κ3) is 5.43. The highest BCUT2D eigenvalue weighted by Gasteiger charge is 2.70. The average Bonchev–Trinajstić information content (AvgIpc) is 3.36. The zero-order valence-electron chi connectivity index (χ0n) is 31.9. The second-order valence-electron chi connectivity index (χ2n) is 19.7. The molecular weight excluding hydrogens is 574 g/mol. The van der Waals surface area contributed by atoms with Gasteiger partial charge in [-0.15, -0.1) is 0 Å². The van der Waals surface area contributed by atoms with E-state index in [0.29, 0.717) is 45.1 Å². The summed E-state index contributed by atoms with van der Waals surface area (Å²) >= 11 is 0. The maximum atomic E-state index is 12.7. The summed E-state index contributed by atoms with van der Waals surface area (Å²) in [6.45, 7) is 31.8. The molecule has 47 heavy (non-hydrogen) atoms. The molecule has 3 nitrogen and oxygen atoms in total. The van der Waals surface area contributed by atoms with E-state index in [9.17, 15) is 4.79 Å². The van der Waals surface area contributed by atoms with Gasteiger partial charge < -0.3 is 10.1 Å². The maximum absolute atomic E-state index is 12.7. The predicted molar refractivity (Wildman–Crippen MR) is 197 cm³/mol. The number of ether oxygens (including phenoxy) is 1. The number of hydrogen-bond donors (Lipinski definition) is 1. The Balaban J connectivity index is 1.30. The molecule has 4 saturated carbocycles. The summed E-state index contributed by atoms with van der Waals surface area (Å²) in [5.41, 5.74) is 5.85. The van der Waals surface area contributed by atoms with Crippen molar-refractivity contribution in [3.05, 3.63) is 53.6 Å². The summed E-state index contributed by atoms with van der Waals surface area (Å²) in [5.74, 6) is 3.39. The van der Waals surface area contributed by atoms with E-state index in [4.69, 9.17) is 4.74 Å². The average molecular weight is 642 g/mol. The van der Waals surface area contributed by atoms with Gasteiger partial charge >= 0.3 is 5.97 Å². The number of carbonyl (C=O) groups is 1. The highest BCUT2D eigenvalue weighted by molar-refractivity contribution is 5.90. The molecule has 0 saturated heterocycles. The Hall–Kier alpha value is -1.87. The lowest BCUT2D eigenvalue weighted by Crippen LogP contribution is -2.66. The Morgan fingerprint density at radius 2 is 1.60 bits per heavy atom. The minimum Gasteiger partial charge on any atom is -0.456 e. The third-order valence-corrected chi connectivity index (χ3v) is 15.5. The largest absolute Gasteiger partial charge is 0.456 e. The van der Waals surface area contributed by atoms with Crippen molar-refractivity contribution in [1.29, 1.82) is 0 Å². The van der Waals surface area contributed by atoms with Crippen LogP contribution in [-0.2, 0) is 4.74 Å². The van der Waals surface area contributed by atoms with Crippen molar-refractivity contribution in [3.63, 3.8) is 0 Å². The minimum absolute atomic E-state index is 0.0697. The molecule has 5 aliphatic carbocycles. The summed E-state index contributed by atoms with van der Waals surface area (Å²) in [4.78, 5) is 12.7. The number of esters is 1. The first kappa shape index (κ1) is 35.0. The van der Waals surface area contributed by atoms with Crippen molar-refractivity contribution in [2.75, 3.05) is 6.54 Å². The Morgan fingerprint density at radius 3 is 2.21 bits per heavy atom. The van der Waals surface area contributed by atoms with E-state index in [2.05, 4.69) is 85.5 Å². The fraction of sp³-hybridized carbons (Fsp3) is 0.750. The van der Waals surface area contributed by atoms with Crippen LogP contribution in [0.5, 0.6) is 0 Å². The van der Waals surface area contributed by atoms with Gasteiger partial charge in [0.05, 0.1) is 5.56 Å². The van der Waals surface area contributed by atoms with Gasteiger partial charge in [-0.2, -0.15) is 0 Å². The van der Waals surface area contributed by atoms with Crippen molar-refractivity contribution in [2.24, 2.45) is 56.7 Å². The van der Waals surface area contributed by atoms with Gasteiger partial charge in [-0.25, -0.2) is 4.79 Å². The monoisotopic (exact) mass is 642 g/mol. The quantitative estimate of drug-likeness (QED) is 0.248. The molecule has 0 aliphatic heterocycles. The molecule has 0 bridgehead atoms. The molecule has 3 heteroatoms. The summed E-state index contributed by atoms with van der Waals surface area (Å²) in [7, 11) is 0. The maximum Gasteiger partial charge on any atom is 0.338 e. The lowest BCUT2D eigenvalue weighted by molar-refractivity contribution is -0.225. The van der Waals surface area contributed by atoms with E-state index in [0.717, 1.165) is 24.2 Å². The van der Waals surface area contributed by atoms with E-state index >= 15 is 0 Å². The van der Waals surface area contributed by atoms with Crippen LogP contribution in [0.15, 0.2) is 42.5 Å². The van der Waals surface area contributed by atoms with Crippen molar-refractivity contribution in [1.82, 2.24) is 5.32 Å². The topological polar surface area (TPSA) is 38.3 Å². The van der Waals surface area contributed by atoms with Crippen LogP contribution in [0.3, 0.4) is 0 Å². The number of fused-ring (bicyclic) bond motifs is 7. The van der Waals surface area contributed by atoms with Gasteiger partial charge in [0.25, 0.3) is 0 Å². The molecular formula is C44H67NO2. The fourth-order valence-corrected chi connectivity index (χ4v) is 13.2. The zero-order valence-corrected chi connectivity index (χ0v) is 31.9. The Bertz CT molecular complexity index is 1410. The van der Waals surface area contributed by atoms with E-state index in [1.165, 1.54) is 74.6 Å². The Morgan fingerprint density at radius 1 is 0.915 bits per heavy atom. The van der Waals surface area contributed by atoms with Crippen LogP contribution in [0.25, 0.3) is 5.57 Å². The minimum atomic E-state index is -0.491. The molecule has 6 rings (SSSR count). The van der Waals surface area contributed by atoms with Crippen LogP contribution < -0.4 is 5.32 Å². The first-order valence-electron chi connectivity index (χ1n) is 19.2. The lowest BCUT2D eigenvalue weighted by Gasteiger charge is -2.72. The molecule has 0 aromatic heterocycles. The Kier molecular flexibility index (Phi) is 8.63. The number of allylic oxidation sites excluding steroid dienone is 3. The molecule has 1 N–H and O–H groups in total. The number of rotatable bonds is 6. The molecule has 0 heterocycles. The summed E-state index contributed by atoms with van der Waals surface area (Å²) < 4.78 is 5.65. The van der Waals surface area contributed by atoms with Crippen molar-refractivity contribution >= 4 is 11.5 Å². The molecule has 0 spiro atoms. The van der Waals surface area contributed by atoms with Gasteiger partial charge in [0.2, 0.25) is 0 Å². The van der Waals surface area contributed by atoms with Gasteiger partial charge in [-0.05, 0) is 165 Å². The van der Waals surface area contributed by atoms with Crippen LogP contribution in [-0.4, -0.2) is 24.2 Å². The molecule has 4 fully saturated rings. The van der Waals surface area contributed by atoms with Crippen LogP contribution in [0.1, 0.15) is 150 Å². The van der Waals surface area contributed by atoms with Crippen LogP contribution in [0.2, 0.25) is 0 Å². The van der Waals surface area contributed by atoms with Gasteiger partial charge in [0.15, 0.2) is 0 Å². The van der Waals surface area contributed by atoms with Crippen LogP contribution in [0.4, 0.5) is 0 Å². The molecule has 1 aromatic carbocycles. The van der Waals surface area contributed by atoms with Gasteiger partial charge in [0, 0.05) is 12.6 Å². The molecule has 5 aliphatic rings. The van der Waals surface area contributed by atoms with Gasteiger partial charge in [-0.3, -0.25) is 0 Å². The first-order valence-corrected chi connectivity index (χ1v) is 19.2. The molecule has 1 aromatic rings. The number of carbonyl (C=O) groups excluding carboxylic acids is 1. The second kappa shape index (κ2) is 11.6. The van der Waals surface area contributed by atoms with E-state index in [1.807, 2.05) is 32.9 Å². The smallest absolute Gasteiger partial charge is 0.338 e. The SMILES string of the molecule is C=C(C)[C@@H]1CC[C@]2(CNC(C)C)CC[C@]3(C)[C@H](CC[C@@H]4[C@@]5(C)CC=C(c6ccc(C(=O)OC(C)(C)C)cc6)C(C)(C)[C@@H]5CC[C@]43C)[C@@H]12. The second-order valence-corrected chi connectivity index (χ2v) is 19.7. The molecule has 0 radical (unpaired) electrons. The van der Waals surface area contributed by atoms with Gasteiger partial charge in [0.1, 0.15) is 5.60 Å². The standard InChI is InChI=1S/C44H67NO2/c1-28(2)32-19-24-44(27-45-29(3)4)26-25-42(11)34(37(32)44)17-18-36-41(10)22-20-33(40(8,9)35(41)21-23-43(36,42)12)30-13-15-31(16-14-30)38(46)47-39(5,6)7/h13-16,20,29,32,34-37,45H,1,17-19,21-27H2,2-12H3/t32-,34+,35-,36+,37+,41-,42+,43+,44+/m0/s1. The van der Waals surface area contributed by atoms with Crippen molar-refractivity contribution in [3.8, 4) is 0 Å². The molecule has 0 unspecified atom stereocenters. The summed E-state index contributed by atoms with van der Waals surface area (Å²) in [6, 6.07) is 8.80. The van der Waals surface area contributed by atoms with Crippen LogP contribution >= 0.6 is 0 Å². The zero-order chi connectivity index (χ0) is 34.4. The normalized spacial score (nSPS) is 40.9. The van der Waals surface area contributed by atoms with E-state index in [1.54, 1.807) is 0 Å². The predicted octanol–water partition coefficient (Wildman–Crippen LogP) is 11.3. The third-order valence-electron chi connectivity index (χ3n) is 15.5. The fourth-order valence-electron chi connectivity index (χ4n) is 13.2. The van der Waals surface area contributed by atoms with Crippen LogP contribution in [0, 0.1) is 56.7 Å². The number of hydrogen-bond acceptors (Lipinski definition) is 3. The lowest BCUT2D eigenvalue weighted by atomic mass is 9.32. The molecule has 0 amide bonds. The van der Waals surface area contributed by atoms with E-state index < -0.39 is 5.60 Å². The Labute approximate surface area is 288 Å².